The van der Waals surface area contributed by atoms with Crippen LogP contribution in [0.2, 0.25) is 0 Å². The minimum absolute atomic E-state index is 1.87. The Balaban J connectivity index is 2.32. The van der Waals surface area contributed by atoms with Crippen LogP contribution in [-0.4, -0.2) is 0 Å². The van der Waals surface area contributed by atoms with Crippen LogP contribution in [0.5, 0.6) is 0 Å². The van der Waals surface area contributed by atoms with Crippen molar-refractivity contribution in [1.29, 1.82) is 0 Å². The van der Waals surface area contributed by atoms with Gasteiger partial charge in [0.1, 0.15) is 0 Å². The molecule has 0 heterocycles. The Hall–Kier alpha value is 1.68. The summed E-state index contributed by atoms with van der Waals surface area (Å²) in [6.45, 7) is 0. The first kappa shape index (κ1) is 5.68. The van der Waals surface area contributed by atoms with Crippen LogP contribution in [0.4, 0.5) is 0 Å². The summed E-state index contributed by atoms with van der Waals surface area (Å²) in [5.41, 5.74) is 0. The first-order chi connectivity index (χ1) is 1.73. The van der Waals surface area contributed by atoms with Crippen molar-refractivity contribution in [2.75, 3.05) is 0 Å². The number of hydrogen-bond acceptors (Lipinski definition) is 0. The van der Waals surface area contributed by atoms with Crippen molar-refractivity contribution in [1.82, 2.24) is 0 Å². The van der Waals surface area contributed by atoms with E-state index >= 15 is 0 Å². The molecule has 0 saturated carbocycles. The molecule has 4 heavy (non-hydrogen) atoms. The van der Waals surface area contributed by atoms with Crippen molar-refractivity contribution in [3.05, 3.63) is 0 Å². The summed E-state index contributed by atoms with van der Waals surface area (Å²) in [4.78, 5) is 0. The second-order valence-electron chi connectivity index (χ2n) is 0.303. The van der Waals surface area contributed by atoms with Crippen LogP contribution in [-0.2, 0) is 12.0 Å². The Morgan fingerprint density at radius 2 is 1.50 bits per heavy atom. The third kappa shape index (κ3) is 9.36. The zero-order valence-corrected chi connectivity index (χ0v) is 7.91. The van der Waals surface area contributed by atoms with E-state index < -0.39 is 12.0 Å². The van der Waals surface area contributed by atoms with Gasteiger partial charge in [-0.1, -0.05) is 0 Å². The van der Waals surface area contributed by atoms with E-state index in [1.165, 1.54) is 0 Å². The Morgan fingerprint density at radius 1 is 1.50 bits per heavy atom. The van der Waals surface area contributed by atoms with Gasteiger partial charge in [0.25, 0.3) is 0 Å². The van der Waals surface area contributed by atoms with Gasteiger partial charge in [0.05, 0.1) is 0 Å². The Kier molecular flexibility index (Phi) is 4.12. The molecule has 0 amide bonds. The van der Waals surface area contributed by atoms with Crippen molar-refractivity contribution in [3.63, 3.8) is 0 Å². The van der Waals surface area contributed by atoms with Crippen molar-refractivity contribution >= 4 is 33.0 Å². The van der Waals surface area contributed by atoms with Gasteiger partial charge in [-0.25, -0.2) is 0 Å². The van der Waals surface area contributed by atoms with Gasteiger partial charge in [-0.05, 0) is 0 Å². The molecule has 0 aromatic carbocycles. The summed E-state index contributed by atoms with van der Waals surface area (Å²) in [5, 5.41) is 0. The van der Waals surface area contributed by atoms with Gasteiger partial charge < -0.3 is 0 Å². The maximum atomic E-state index is 5.17. The molecule has 0 aliphatic carbocycles. The summed E-state index contributed by atoms with van der Waals surface area (Å²) in [6, 6.07) is 0. The van der Waals surface area contributed by atoms with Gasteiger partial charge in [0.15, 0.2) is 0 Å². The molecule has 0 aliphatic rings. The molecule has 0 bridgehead atoms. The SMILES string of the molecule is [Cl][Zn-]([Cl])[Br]. The monoisotopic (exact) mass is 213 g/mol. The summed E-state index contributed by atoms with van der Waals surface area (Å²) >= 11 is 1.14. The topological polar surface area (TPSA) is 0 Å². The molecule has 0 nitrogen and oxygen atoms in total. The van der Waals surface area contributed by atoms with Gasteiger partial charge >= 0.3 is 45.0 Å². The second kappa shape index (κ2) is 2.90. The second-order valence-corrected chi connectivity index (χ2v) is 21.1. The predicted molar refractivity (Wildman–Crippen MR) is 20.6 cm³/mol. The molecule has 0 unspecified atom stereocenters. The molecular weight excluding hydrogens is 216 g/mol. The molecule has 0 spiro atoms. The van der Waals surface area contributed by atoms with Crippen molar-refractivity contribution in [3.8, 4) is 0 Å². The van der Waals surface area contributed by atoms with Crippen LogP contribution >= 0.6 is 33.0 Å². The summed E-state index contributed by atoms with van der Waals surface area (Å²) < 4.78 is 0. The first-order valence-electron chi connectivity index (χ1n) is 0.802. The van der Waals surface area contributed by atoms with Gasteiger partial charge in [0, 0.05) is 0 Å². The molecule has 0 fully saturated rings. The van der Waals surface area contributed by atoms with E-state index in [2.05, 4.69) is 13.6 Å². The van der Waals surface area contributed by atoms with Crippen molar-refractivity contribution in [2.45, 2.75) is 0 Å². The van der Waals surface area contributed by atoms with Crippen LogP contribution < -0.4 is 0 Å². The standard InChI is InChI=1S/BrH.2ClH.Zn/h3*1H;/q;;;+2/p-3. The van der Waals surface area contributed by atoms with Crippen LogP contribution in [0.25, 0.3) is 0 Å². The number of rotatable bonds is 0. The van der Waals surface area contributed by atoms with E-state index in [4.69, 9.17) is 19.4 Å². The summed E-state index contributed by atoms with van der Waals surface area (Å²) in [7, 11) is 10.3. The molecule has 0 aromatic heterocycles. The van der Waals surface area contributed by atoms with Crippen LogP contribution in [0, 0.1) is 0 Å². The van der Waals surface area contributed by atoms with E-state index in [9.17, 15) is 0 Å². The predicted octanol–water partition coefficient (Wildman–Crippen LogP) is 2.22. The zero-order chi connectivity index (χ0) is 3.58. The van der Waals surface area contributed by atoms with Crippen LogP contribution in [0.3, 0.4) is 0 Å². The zero-order valence-electron chi connectivity index (χ0n) is 1.84. The Bertz CT molecular complexity index is 10.8. The third-order valence-corrected chi connectivity index (χ3v) is 0. The molecular formula is BrCl2Zn-. The molecule has 0 aromatic rings. The van der Waals surface area contributed by atoms with E-state index in [0.29, 0.717) is 0 Å². The molecule has 0 rings (SSSR count). The Morgan fingerprint density at radius 3 is 1.50 bits per heavy atom. The van der Waals surface area contributed by atoms with Crippen LogP contribution in [0.1, 0.15) is 0 Å². The molecule has 0 atom stereocenters. The molecule has 24 valence electrons. The average Bonchev–Trinajstić information content (AvgIpc) is 0.811. The van der Waals surface area contributed by atoms with E-state index in [-0.39, 0.29) is 0 Å². The van der Waals surface area contributed by atoms with E-state index in [0.717, 1.165) is 0 Å². The van der Waals surface area contributed by atoms with E-state index in [1.54, 1.807) is 0 Å². The molecule has 0 radical (unpaired) electrons. The summed E-state index contributed by atoms with van der Waals surface area (Å²) in [5.74, 6) is 0. The maximum absolute atomic E-state index is 5.17. The first-order valence-corrected chi connectivity index (χ1v) is 15.5. The summed E-state index contributed by atoms with van der Waals surface area (Å²) in [6.07, 6.45) is 0. The number of halogens is 3. The number of hydrogen-bond donors (Lipinski definition) is 0. The molecule has 0 saturated heterocycles. The minimum atomic E-state index is -1.87. The molecule has 0 N–H and O–H groups in total. The van der Waals surface area contributed by atoms with Crippen molar-refractivity contribution < 1.29 is 12.0 Å². The molecule has 4 heteroatoms. The quantitative estimate of drug-likeness (QED) is 0.545. The van der Waals surface area contributed by atoms with Crippen LogP contribution in [0.15, 0.2) is 0 Å². The molecule has 0 aliphatic heterocycles. The third-order valence-electron chi connectivity index (χ3n) is 0. The fourth-order valence-corrected chi connectivity index (χ4v) is 0. The van der Waals surface area contributed by atoms with Gasteiger partial charge in [-0.2, -0.15) is 0 Å². The fourth-order valence-electron chi connectivity index (χ4n) is 0. The fraction of sp³-hybridized carbons (Fsp3) is 0. The van der Waals surface area contributed by atoms with Gasteiger partial charge in [0.2, 0.25) is 0 Å². The average molecular weight is 216 g/mol. The van der Waals surface area contributed by atoms with Gasteiger partial charge in [-0.15, -0.1) is 0 Å². The van der Waals surface area contributed by atoms with E-state index in [1.807, 2.05) is 0 Å². The van der Waals surface area contributed by atoms with Gasteiger partial charge in [-0.3, -0.25) is 0 Å². The van der Waals surface area contributed by atoms with Crippen molar-refractivity contribution in [2.24, 2.45) is 0 Å². The normalized spacial score (nSPS) is 6.75. The Labute approximate surface area is 44.8 Å².